The lowest BCUT2D eigenvalue weighted by molar-refractivity contribution is 0.204. The molecule has 0 aliphatic carbocycles. The number of aliphatic hydroxyl groups excluding tert-OH is 1. The summed E-state index contributed by atoms with van der Waals surface area (Å²) in [6.45, 7) is 2.65. The van der Waals surface area contributed by atoms with E-state index in [2.05, 4.69) is 10.2 Å². The molecule has 4 nitrogen and oxygen atoms in total. The summed E-state index contributed by atoms with van der Waals surface area (Å²) in [5, 5.41) is 16.9. The highest BCUT2D eigenvalue weighted by Crippen LogP contribution is 2.19. The monoisotopic (exact) mass is 235 g/mol. The molecule has 0 spiro atoms. The molecule has 1 aromatic heterocycles. The molecule has 0 aliphatic rings. The van der Waals surface area contributed by atoms with E-state index in [9.17, 15) is 5.11 Å². The molecule has 16 heavy (non-hydrogen) atoms. The van der Waals surface area contributed by atoms with Crippen LogP contribution in [0.3, 0.4) is 0 Å². The molecule has 0 fully saturated rings. The third-order valence-corrected chi connectivity index (χ3v) is 2.78. The zero-order chi connectivity index (χ0) is 11.5. The molecule has 0 saturated heterocycles. The topological polar surface area (TPSA) is 53.8 Å². The molecule has 1 atom stereocenters. The van der Waals surface area contributed by atoms with E-state index < -0.39 is 6.10 Å². The Bertz CT molecular complexity index is 518. The molecule has 0 amide bonds. The van der Waals surface area contributed by atoms with Gasteiger partial charge in [0.15, 0.2) is 10.6 Å². The van der Waals surface area contributed by atoms with E-state index in [1.807, 2.05) is 37.3 Å². The van der Waals surface area contributed by atoms with Crippen LogP contribution >= 0.6 is 12.2 Å². The Morgan fingerprint density at radius 2 is 2.12 bits per heavy atom. The number of aromatic amines is 1. The highest BCUT2D eigenvalue weighted by Gasteiger charge is 2.16. The number of aromatic nitrogens is 3. The van der Waals surface area contributed by atoms with Gasteiger partial charge in [-0.3, -0.25) is 5.10 Å². The normalized spacial score (nSPS) is 12.6. The van der Waals surface area contributed by atoms with E-state index in [4.69, 9.17) is 12.2 Å². The van der Waals surface area contributed by atoms with Crippen LogP contribution in [0.4, 0.5) is 0 Å². The van der Waals surface area contributed by atoms with Crippen molar-refractivity contribution >= 4 is 12.2 Å². The fourth-order valence-corrected chi connectivity index (χ4v) is 1.90. The van der Waals surface area contributed by atoms with E-state index >= 15 is 0 Å². The average molecular weight is 235 g/mol. The van der Waals surface area contributed by atoms with Crippen LogP contribution in [0.15, 0.2) is 30.3 Å². The minimum atomic E-state index is -0.742. The summed E-state index contributed by atoms with van der Waals surface area (Å²) in [5.74, 6) is 0.554. The number of H-pyrrole nitrogens is 1. The van der Waals surface area contributed by atoms with Crippen LogP contribution in [0.5, 0.6) is 0 Å². The standard InChI is InChI=1S/C11H13N3OS/c1-2-14-10(12-13-11(14)16)9(15)8-6-4-3-5-7-8/h3-7,9,15H,2H2,1H3,(H,13,16)/t9-/m1/s1. The maximum Gasteiger partial charge on any atom is 0.195 e. The van der Waals surface area contributed by atoms with E-state index in [1.165, 1.54) is 0 Å². The van der Waals surface area contributed by atoms with Crippen molar-refractivity contribution in [3.63, 3.8) is 0 Å². The molecule has 2 rings (SSSR count). The molecule has 2 aromatic rings. The van der Waals surface area contributed by atoms with Gasteiger partial charge in [-0.15, -0.1) is 0 Å². The van der Waals surface area contributed by atoms with Crippen molar-refractivity contribution < 1.29 is 5.11 Å². The molecule has 5 heteroatoms. The number of benzene rings is 1. The maximum atomic E-state index is 10.2. The molecule has 0 saturated carbocycles. The average Bonchev–Trinajstić information content (AvgIpc) is 2.70. The molecule has 0 unspecified atom stereocenters. The number of nitrogens with one attached hydrogen (secondary N) is 1. The quantitative estimate of drug-likeness (QED) is 0.800. The lowest BCUT2D eigenvalue weighted by Crippen LogP contribution is -2.09. The second-order valence-electron chi connectivity index (χ2n) is 3.44. The molecule has 1 aromatic carbocycles. The van der Waals surface area contributed by atoms with Crippen LogP contribution in [0.1, 0.15) is 24.4 Å². The van der Waals surface area contributed by atoms with Gasteiger partial charge in [-0.05, 0) is 24.7 Å². The number of rotatable bonds is 3. The van der Waals surface area contributed by atoms with E-state index in [-0.39, 0.29) is 0 Å². The van der Waals surface area contributed by atoms with Crippen molar-refractivity contribution in [1.29, 1.82) is 0 Å². The Labute approximate surface area is 98.6 Å². The number of hydrogen-bond acceptors (Lipinski definition) is 3. The molecule has 1 heterocycles. The van der Waals surface area contributed by atoms with Gasteiger partial charge in [0, 0.05) is 6.54 Å². The largest absolute Gasteiger partial charge is 0.380 e. The van der Waals surface area contributed by atoms with Gasteiger partial charge in [-0.2, -0.15) is 5.10 Å². The van der Waals surface area contributed by atoms with E-state index in [0.717, 1.165) is 5.56 Å². The first-order chi connectivity index (χ1) is 7.74. The SMILES string of the molecule is CCn1c([C@H](O)c2ccccc2)n[nH]c1=S. The summed E-state index contributed by atoms with van der Waals surface area (Å²) < 4.78 is 2.32. The molecule has 2 N–H and O–H groups in total. The smallest absolute Gasteiger partial charge is 0.195 e. The summed E-state index contributed by atoms with van der Waals surface area (Å²) in [6.07, 6.45) is -0.742. The number of nitrogens with zero attached hydrogens (tertiary/aromatic N) is 2. The van der Waals surface area contributed by atoms with Crippen molar-refractivity contribution in [3.8, 4) is 0 Å². The Morgan fingerprint density at radius 3 is 2.75 bits per heavy atom. The zero-order valence-corrected chi connectivity index (χ0v) is 9.74. The Morgan fingerprint density at radius 1 is 1.44 bits per heavy atom. The second-order valence-corrected chi connectivity index (χ2v) is 3.83. The predicted octanol–water partition coefficient (Wildman–Crippen LogP) is 2.04. The second kappa shape index (κ2) is 4.59. The van der Waals surface area contributed by atoms with Crippen LogP contribution in [0, 0.1) is 4.77 Å². The van der Waals surface area contributed by atoms with Gasteiger partial charge in [0.05, 0.1) is 0 Å². The predicted molar refractivity (Wildman–Crippen MR) is 63.6 cm³/mol. The Kier molecular flexibility index (Phi) is 3.17. The van der Waals surface area contributed by atoms with Crippen molar-refractivity contribution in [2.45, 2.75) is 19.6 Å². The van der Waals surface area contributed by atoms with Gasteiger partial charge in [0.25, 0.3) is 0 Å². The maximum absolute atomic E-state index is 10.2. The Hall–Kier alpha value is -1.46. The number of hydrogen-bond donors (Lipinski definition) is 2. The fraction of sp³-hybridized carbons (Fsp3) is 0.273. The van der Waals surface area contributed by atoms with Crippen LogP contribution in [-0.2, 0) is 6.54 Å². The first kappa shape index (κ1) is 11.0. The van der Waals surface area contributed by atoms with Crippen LogP contribution in [-0.4, -0.2) is 19.9 Å². The van der Waals surface area contributed by atoms with Gasteiger partial charge in [0.2, 0.25) is 0 Å². The third-order valence-electron chi connectivity index (χ3n) is 2.46. The third kappa shape index (κ3) is 1.91. The summed E-state index contributed by atoms with van der Waals surface area (Å²) in [4.78, 5) is 0. The molecule has 0 bridgehead atoms. The molecule has 0 radical (unpaired) electrons. The zero-order valence-electron chi connectivity index (χ0n) is 8.92. The summed E-state index contributed by atoms with van der Waals surface area (Å²) in [7, 11) is 0. The van der Waals surface area contributed by atoms with E-state index in [1.54, 1.807) is 4.57 Å². The molecular formula is C11H13N3OS. The van der Waals surface area contributed by atoms with Crippen LogP contribution < -0.4 is 0 Å². The molecule has 0 aliphatic heterocycles. The fourth-order valence-electron chi connectivity index (χ4n) is 1.63. The minimum Gasteiger partial charge on any atom is -0.380 e. The molecular weight excluding hydrogens is 222 g/mol. The van der Waals surface area contributed by atoms with Gasteiger partial charge >= 0.3 is 0 Å². The number of aliphatic hydroxyl groups is 1. The van der Waals surface area contributed by atoms with E-state index in [0.29, 0.717) is 17.1 Å². The van der Waals surface area contributed by atoms with Crippen molar-refractivity contribution in [1.82, 2.24) is 14.8 Å². The lowest BCUT2D eigenvalue weighted by Gasteiger charge is -2.10. The van der Waals surface area contributed by atoms with Gasteiger partial charge in [-0.25, -0.2) is 0 Å². The lowest BCUT2D eigenvalue weighted by atomic mass is 10.1. The van der Waals surface area contributed by atoms with Gasteiger partial charge in [-0.1, -0.05) is 30.3 Å². The van der Waals surface area contributed by atoms with Crippen molar-refractivity contribution in [2.24, 2.45) is 0 Å². The summed E-state index contributed by atoms with van der Waals surface area (Å²) in [5.41, 5.74) is 0.811. The first-order valence-electron chi connectivity index (χ1n) is 5.12. The highest BCUT2D eigenvalue weighted by molar-refractivity contribution is 7.71. The highest BCUT2D eigenvalue weighted by atomic mass is 32.1. The van der Waals surface area contributed by atoms with Crippen LogP contribution in [0.25, 0.3) is 0 Å². The Balaban J connectivity index is 2.42. The van der Waals surface area contributed by atoms with Crippen molar-refractivity contribution in [2.75, 3.05) is 0 Å². The first-order valence-corrected chi connectivity index (χ1v) is 5.53. The van der Waals surface area contributed by atoms with Crippen LogP contribution in [0.2, 0.25) is 0 Å². The minimum absolute atomic E-state index is 0.535. The van der Waals surface area contributed by atoms with Gasteiger partial charge < -0.3 is 9.67 Å². The van der Waals surface area contributed by atoms with Gasteiger partial charge in [0.1, 0.15) is 6.10 Å². The van der Waals surface area contributed by atoms with Crippen molar-refractivity contribution in [3.05, 3.63) is 46.5 Å². The summed E-state index contributed by atoms with van der Waals surface area (Å²) in [6, 6.07) is 9.41. The molecule has 84 valence electrons. The summed E-state index contributed by atoms with van der Waals surface area (Å²) >= 11 is 5.07.